The molecule has 0 bridgehead atoms. The van der Waals surface area contributed by atoms with Gasteiger partial charge in [0.2, 0.25) is 0 Å². The number of hydrogen-bond acceptors (Lipinski definition) is 0. The summed E-state index contributed by atoms with van der Waals surface area (Å²) in [6, 6.07) is 0. The fraction of sp³-hybridized carbons (Fsp3) is 0.913. The summed E-state index contributed by atoms with van der Waals surface area (Å²) in [6.45, 7) is 6.21. The summed E-state index contributed by atoms with van der Waals surface area (Å²) < 4.78 is 14.5. The molecule has 0 radical (unpaired) electrons. The Morgan fingerprint density at radius 1 is 0.792 bits per heavy atom. The summed E-state index contributed by atoms with van der Waals surface area (Å²) in [4.78, 5) is 0. The third-order valence-corrected chi connectivity index (χ3v) is 7.90. The Kier molecular flexibility index (Phi) is 6.81. The molecule has 0 N–H and O–H groups in total. The maximum Gasteiger partial charge on any atom is 0.103 e. The van der Waals surface area contributed by atoms with Gasteiger partial charge in [0.1, 0.15) is 6.17 Å². The summed E-state index contributed by atoms with van der Waals surface area (Å²) in [5.41, 5.74) is 0. The summed E-state index contributed by atoms with van der Waals surface area (Å²) in [6.07, 6.45) is 18.3. The van der Waals surface area contributed by atoms with Crippen LogP contribution >= 0.6 is 0 Å². The maximum absolute atomic E-state index is 14.5. The Bertz CT molecular complexity index is 373. The monoisotopic (exact) mass is 334 g/mol. The van der Waals surface area contributed by atoms with Crippen LogP contribution in [0.4, 0.5) is 4.39 Å². The van der Waals surface area contributed by atoms with Crippen LogP contribution in [-0.2, 0) is 0 Å². The Balaban J connectivity index is 1.41. The molecule has 3 aliphatic carbocycles. The minimum atomic E-state index is -0.541. The summed E-state index contributed by atoms with van der Waals surface area (Å²) in [5, 5.41) is 0. The van der Waals surface area contributed by atoms with Gasteiger partial charge < -0.3 is 0 Å². The first-order chi connectivity index (χ1) is 11.7. The van der Waals surface area contributed by atoms with Crippen molar-refractivity contribution in [3.63, 3.8) is 0 Å². The van der Waals surface area contributed by atoms with Gasteiger partial charge in [-0.1, -0.05) is 25.8 Å². The first-order valence-electron chi connectivity index (χ1n) is 10.9. The molecule has 0 aromatic carbocycles. The lowest BCUT2D eigenvalue weighted by Crippen LogP contribution is -2.33. The molecule has 3 saturated carbocycles. The summed E-state index contributed by atoms with van der Waals surface area (Å²) in [5.74, 6) is 4.83. The molecule has 0 amide bonds. The number of allylic oxidation sites excluding steroid dienone is 1. The molecule has 3 atom stereocenters. The number of alkyl halides is 1. The molecule has 0 spiro atoms. The average Bonchev–Trinajstić information content (AvgIpc) is 2.61. The van der Waals surface area contributed by atoms with E-state index in [1.54, 1.807) is 0 Å². The van der Waals surface area contributed by atoms with E-state index in [0.717, 1.165) is 49.4 Å². The molecule has 0 saturated heterocycles. The smallest absolute Gasteiger partial charge is 0.103 e. The second kappa shape index (κ2) is 8.86. The highest BCUT2D eigenvalue weighted by Crippen LogP contribution is 2.46. The third kappa shape index (κ3) is 4.64. The lowest BCUT2D eigenvalue weighted by atomic mass is 9.64. The van der Waals surface area contributed by atoms with Crippen LogP contribution in [0.5, 0.6) is 0 Å². The first-order valence-corrected chi connectivity index (χ1v) is 10.9. The molecular formula is C23H39F. The van der Waals surface area contributed by atoms with Gasteiger partial charge in [-0.3, -0.25) is 0 Å². The summed E-state index contributed by atoms with van der Waals surface area (Å²) in [7, 11) is 0. The van der Waals surface area contributed by atoms with E-state index in [4.69, 9.17) is 0 Å². The van der Waals surface area contributed by atoms with Crippen LogP contribution in [0.1, 0.15) is 90.4 Å². The van der Waals surface area contributed by atoms with Crippen LogP contribution in [0.3, 0.4) is 0 Å². The minimum Gasteiger partial charge on any atom is -0.247 e. The fourth-order valence-corrected chi connectivity index (χ4v) is 6.14. The third-order valence-electron chi connectivity index (χ3n) is 7.90. The van der Waals surface area contributed by atoms with Gasteiger partial charge in [0.25, 0.3) is 0 Å². The SMILES string of the molecule is C=CCCC1CCC(C2CCC(C3CCC(C)CC3)CC2)CC1F. The van der Waals surface area contributed by atoms with E-state index in [0.29, 0.717) is 11.8 Å². The lowest BCUT2D eigenvalue weighted by molar-refractivity contribution is 0.0622. The second-order valence-corrected chi connectivity index (χ2v) is 9.41. The number of hydrogen-bond donors (Lipinski definition) is 0. The molecule has 0 aliphatic heterocycles. The molecule has 3 fully saturated rings. The van der Waals surface area contributed by atoms with E-state index in [9.17, 15) is 4.39 Å². The van der Waals surface area contributed by atoms with Crippen molar-refractivity contribution >= 4 is 0 Å². The van der Waals surface area contributed by atoms with Crippen molar-refractivity contribution in [1.82, 2.24) is 0 Å². The Morgan fingerprint density at radius 3 is 1.83 bits per heavy atom. The van der Waals surface area contributed by atoms with Gasteiger partial charge in [-0.15, -0.1) is 6.58 Å². The van der Waals surface area contributed by atoms with Crippen LogP contribution in [0.25, 0.3) is 0 Å². The van der Waals surface area contributed by atoms with Crippen molar-refractivity contribution in [1.29, 1.82) is 0 Å². The van der Waals surface area contributed by atoms with Crippen LogP contribution in [0.2, 0.25) is 0 Å². The largest absolute Gasteiger partial charge is 0.247 e. The maximum atomic E-state index is 14.5. The second-order valence-electron chi connectivity index (χ2n) is 9.41. The highest BCUT2D eigenvalue weighted by atomic mass is 19.1. The first kappa shape index (κ1) is 18.5. The molecule has 3 aliphatic rings. The van der Waals surface area contributed by atoms with Gasteiger partial charge in [-0.2, -0.15) is 0 Å². The Hall–Kier alpha value is -0.330. The van der Waals surface area contributed by atoms with Crippen molar-refractivity contribution in [3.8, 4) is 0 Å². The van der Waals surface area contributed by atoms with Gasteiger partial charge in [0.15, 0.2) is 0 Å². The number of halogens is 1. The predicted molar refractivity (Wildman–Crippen MR) is 102 cm³/mol. The highest BCUT2D eigenvalue weighted by molar-refractivity contribution is 4.88. The minimum absolute atomic E-state index is 0.319. The van der Waals surface area contributed by atoms with E-state index < -0.39 is 6.17 Å². The standard InChI is InChI=1S/C23H39F/c1-3-4-5-21-14-15-22(16-23(21)24)20-12-10-19(11-13-20)18-8-6-17(2)7-9-18/h3,17-23H,1,4-16H2,2H3. The molecule has 138 valence electrons. The van der Waals surface area contributed by atoms with Gasteiger partial charge in [0.05, 0.1) is 0 Å². The van der Waals surface area contributed by atoms with Crippen molar-refractivity contribution < 1.29 is 4.39 Å². The van der Waals surface area contributed by atoms with Crippen molar-refractivity contribution in [2.75, 3.05) is 0 Å². The van der Waals surface area contributed by atoms with Gasteiger partial charge >= 0.3 is 0 Å². The van der Waals surface area contributed by atoms with E-state index in [1.165, 1.54) is 57.8 Å². The molecule has 0 aromatic heterocycles. The molecule has 0 heterocycles. The van der Waals surface area contributed by atoms with Gasteiger partial charge in [-0.25, -0.2) is 4.39 Å². The van der Waals surface area contributed by atoms with E-state index in [-0.39, 0.29) is 0 Å². The molecule has 0 nitrogen and oxygen atoms in total. The van der Waals surface area contributed by atoms with Crippen LogP contribution in [0.15, 0.2) is 12.7 Å². The molecule has 0 aromatic rings. The Labute approximate surface area is 149 Å². The zero-order valence-corrected chi connectivity index (χ0v) is 15.9. The average molecular weight is 335 g/mol. The zero-order valence-electron chi connectivity index (χ0n) is 15.9. The van der Waals surface area contributed by atoms with E-state index >= 15 is 0 Å². The zero-order chi connectivity index (χ0) is 16.9. The fourth-order valence-electron chi connectivity index (χ4n) is 6.14. The van der Waals surface area contributed by atoms with Crippen molar-refractivity contribution in [3.05, 3.63) is 12.7 Å². The molecule has 1 heteroatoms. The lowest BCUT2D eigenvalue weighted by Gasteiger charge is -2.42. The predicted octanol–water partition coefficient (Wildman–Crippen LogP) is 7.34. The Morgan fingerprint density at radius 2 is 1.29 bits per heavy atom. The normalized spacial score (nSPS) is 44.2. The molecule has 3 rings (SSSR count). The van der Waals surface area contributed by atoms with E-state index in [2.05, 4.69) is 13.5 Å². The summed E-state index contributed by atoms with van der Waals surface area (Å²) >= 11 is 0. The molecular weight excluding hydrogens is 295 g/mol. The molecule has 3 unspecified atom stereocenters. The van der Waals surface area contributed by atoms with Crippen LogP contribution in [0, 0.1) is 35.5 Å². The topological polar surface area (TPSA) is 0 Å². The van der Waals surface area contributed by atoms with E-state index in [1.807, 2.05) is 6.08 Å². The van der Waals surface area contributed by atoms with Crippen LogP contribution < -0.4 is 0 Å². The van der Waals surface area contributed by atoms with Crippen molar-refractivity contribution in [2.45, 2.75) is 96.6 Å². The quantitative estimate of drug-likeness (QED) is 0.461. The highest BCUT2D eigenvalue weighted by Gasteiger charge is 2.37. The van der Waals surface area contributed by atoms with Gasteiger partial charge in [-0.05, 0) is 106 Å². The van der Waals surface area contributed by atoms with Gasteiger partial charge in [0, 0.05) is 0 Å². The van der Waals surface area contributed by atoms with Crippen LogP contribution in [-0.4, -0.2) is 6.17 Å². The van der Waals surface area contributed by atoms with Crippen molar-refractivity contribution in [2.24, 2.45) is 35.5 Å². The number of rotatable bonds is 5. The molecule has 24 heavy (non-hydrogen) atoms.